The Kier molecular flexibility index (Phi) is 6.60. The van der Waals surface area contributed by atoms with E-state index in [0.717, 1.165) is 28.2 Å². The van der Waals surface area contributed by atoms with Crippen LogP contribution in [-0.2, 0) is 6.42 Å². The average Bonchev–Trinajstić information content (AvgIpc) is 2.82. The van der Waals surface area contributed by atoms with E-state index in [-0.39, 0.29) is 5.56 Å². The summed E-state index contributed by atoms with van der Waals surface area (Å²) in [6.07, 6.45) is 2.16. The lowest BCUT2D eigenvalue weighted by molar-refractivity contribution is 0.0696. The first-order chi connectivity index (χ1) is 15.9. The third-order valence-corrected chi connectivity index (χ3v) is 6.25. The number of fused-ring (bicyclic) bond motifs is 1. The summed E-state index contributed by atoms with van der Waals surface area (Å²) in [7, 11) is 1.64. The van der Waals surface area contributed by atoms with Crippen LogP contribution in [0.25, 0.3) is 11.3 Å². The number of thiol groups is 1. The van der Waals surface area contributed by atoms with Crippen molar-refractivity contribution in [2.45, 2.75) is 25.2 Å². The molecule has 0 amide bonds. The van der Waals surface area contributed by atoms with Crippen molar-refractivity contribution in [3.05, 3.63) is 52.8 Å². The number of nitrogens with zero attached hydrogens (tertiary/aromatic N) is 2. The van der Waals surface area contributed by atoms with Crippen LogP contribution < -0.4 is 19.5 Å². The van der Waals surface area contributed by atoms with Gasteiger partial charge in [-0.3, -0.25) is 0 Å². The molecule has 0 bridgehead atoms. The first-order valence-electron chi connectivity index (χ1n) is 10.5. The van der Waals surface area contributed by atoms with Crippen molar-refractivity contribution >= 4 is 24.4 Å². The Morgan fingerprint density at radius 1 is 1.18 bits per heavy atom. The number of rotatable bonds is 7. The first-order valence-corrected chi connectivity index (χ1v) is 10.9. The molecule has 3 aromatic rings. The number of ether oxygens (including phenoxy) is 3. The number of anilines is 1. The lowest BCUT2D eigenvalue weighted by Crippen LogP contribution is -2.17. The fraction of sp³-hybridized carbons (Fsp3) is 0.292. The molecule has 1 aliphatic heterocycles. The second-order valence-corrected chi connectivity index (χ2v) is 8.06. The van der Waals surface area contributed by atoms with Crippen molar-refractivity contribution in [1.29, 1.82) is 0 Å². The number of carbonyl (C=O) groups is 1. The number of carboxylic acid groups (broad SMARTS) is 1. The Labute approximate surface area is 197 Å². The lowest BCUT2D eigenvalue weighted by atomic mass is 10.0. The van der Waals surface area contributed by atoms with Crippen LogP contribution in [0.15, 0.2) is 35.5 Å². The Balaban J connectivity index is 1.52. The van der Waals surface area contributed by atoms with Gasteiger partial charge in [-0.2, -0.15) is 0 Å². The molecular formula is C24H25N3O5S. The van der Waals surface area contributed by atoms with Crippen LogP contribution in [0, 0.1) is 13.8 Å². The van der Waals surface area contributed by atoms with Crippen molar-refractivity contribution in [2.75, 3.05) is 32.2 Å². The zero-order valence-electron chi connectivity index (χ0n) is 18.6. The summed E-state index contributed by atoms with van der Waals surface area (Å²) in [6.45, 7) is 5.41. The number of hydrogen-bond acceptors (Lipinski definition) is 8. The Hall–Kier alpha value is -3.46. The predicted octanol–water partition coefficient (Wildman–Crippen LogP) is 4.18. The number of aromatic nitrogens is 2. The van der Waals surface area contributed by atoms with Gasteiger partial charge in [-0.15, -0.1) is 12.6 Å². The third-order valence-electron chi connectivity index (χ3n) is 5.67. The Morgan fingerprint density at radius 3 is 2.73 bits per heavy atom. The minimum atomic E-state index is -0.982. The van der Waals surface area contributed by atoms with Crippen molar-refractivity contribution in [3.63, 3.8) is 0 Å². The fourth-order valence-corrected chi connectivity index (χ4v) is 4.22. The van der Waals surface area contributed by atoms with Gasteiger partial charge in [-0.05, 0) is 31.9 Å². The van der Waals surface area contributed by atoms with Crippen molar-refractivity contribution < 1.29 is 24.1 Å². The van der Waals surface area contributed by atoms with Gasteiger partial charge in [0.15, 0.2) is 11.5 Å². The number of nitrogens with one attached hydrogen (secondary N) is 1. The summed E-state index contributed by atoms with van der Waals surface area (Å²) in [5.74, 6) is 1.91. The van der Waals surface area contributed by atoms with Gasteiger partial charge in [0.25, 0.3) is 0 Å². The molecule has 4 rings (SSSR count). The van der Waals surface area contributed by atoms with E-state index in [2.05, 4.69) is 27.9 Å². The lowest BCUT2D eigenvalue weighted by Gasteiger charge is -2.23. The topological polar surface area (TPSA) is 103 Å². The van der Waals surface area contributed by atoms with Crippen molar-refractivity contribution in [3.8, 4) is 28.5 Å². The summed E-state index contributed by atoms with van der Waals surface area (Å²) in [5, 5.41) is 12.6. The van der Waals surface area contributed by atoms with E-state index in [1.165, 1.54) is 6.33 Å². The zero-order valence-corrected chi connectivity index (χ0v) is 19.5. The minimum Gasteiger partial charge on any atom is -0.496 e. The molecule has 0 saturated carbocycles. The van der Waals surface area contributed by atoms with E-state index >= 15 is 0 Å². The van der Waals surface area contributed by atoms with E-state index in [0.29, 0.717) is 53.9 Å². The summed E-state index contributed by atoms with van der Waals surface area (Å²) in [6, 6.07) is 6.98. The molecule has 172 valence electrons. The van der Waals surface area contributed by atoms with Crippen LogP contribution in [0.4, 0.5) is 5.82 Å². The molecule has 1 aliphatic rings. The van der Waals surface area contributed by atoms with Gasteiger partial charge >= 0.3 is 5.97 Å². The monoisotopic (exact) mass is 467 g/mol. The molecule has 33 heavy (non-hydrogen) atoms. The first kappa shape index (κ1) is 22.7. The van der Waals surface area contributed by atoms with Crippen LogP contribution in [0.3, 0.4) is 0 Å². The summed E-state index contributed by atoms with van der Waals surface area (Å²) in [5.41, 5.74) is 4.27. The molecule has 0 unspecified atom stereocenters. The second kappa shape index (κ2) is 9.58. The summed E-state index contributed by atoms with van der Waals surface area (Å²) in [4.78, 5) is 20.6. The molecule has 2 heterocycles. The molecule has 0 fully saturated rings. The van der Waals surface area contributed by atoms with E-state index in [1.807, 2.05) is 19.1 Å². The zero-order chi connectivity index (χ0) is 23.5. The molecule has 2 aromatic carbocycles. The Bertz CT molecular complexity index is 1220. The van der Waals surface area contributed by atoms with E-state index in [1.54, 1.807) is 26.2 Å². The average molecular weight is 468 g/mol. The van der Waals surface area contributed by atoms with E-state index in [4.69, 9.17) is 14.2 Å². The minimum absolute atomic E-state index is 0.222. The van der Waals surface area contributed by atoms with Crippen molar-refractivity contribution in [1.82, 2.24) is 9.97 Å². The van der Waals surface area contributed by atoms with Gasteiger partial charge in [0.05, 0.1) is 18.4 Å². The second-order valence-electron chi connectivity index (χ2n) is 7.61. The molecule has 9 heteroatoms. The van der Waals surface area contributed by atoms with Gasteiger partial charge in [-0.1, -0.05) is 6.07 Å². The molecule has 1 aromatic heterocycles. The highest BCUT2D eigenvalue weighted by atomic mass is 32.1. The van der Waals surface area contributed by atoms with Gasteiger partial charge in [0.1, 0.15) is 31.1 Å². The molecule has 0 saturated heterocycles. The van der Waals surface area contributed by atoms with Gasteiger partial charge in [0.2, 0.25) is 0 Å². The van der Waals surface area contributed by atoms with Gasteiger partial charge in [0, 0.05) is 40.3 Å². The van der Waals surface area contributed by atoms with Gasteiger partial charge < -0.3 is 24.6 Å². The molecule has 0 aliphatic carbocycles. The van der Waals surface area contributed by atoms with Crippen molar-refractivity contribution in [2.24, 2.45) is 0 Å². The quantitative estimate of drug-likeness (QED) is 0.445. The fourth-order valence-electron chi connectivity index (χ4n) is 3.91. The molecule has 2 N–H and O–H groups in total. The summed E-state index contributed by atoms with van der Waals surface area (Å²) < 4.78 is 17.1. The molecule has 0 radical (unpaired) electrons. The number of methoxy groups -OCH3 is 1. The third kappa shape index (κ3) is 4.54. The van der Waals surface area contributed by atoms with E-state index in [9.17, 15) is 9.90 Å². The SMILES string of the molecule is COc1cc2c(c(C)c1CCNc1cc(-c3ccc(C(=O)O)c(C)c3S)ncn1)OCCO2. The summed E-state index contributed by atoms with van der Waals surface area (Å²) >= 11 is 4.53. The maximum Gasteiger partial charge on any atom is 0.335 e. The van der Waals surface area contributed by atoms with Crippen LogP contribution in [0.2, 0.25) is 0 Å². The standard InChI is InChI=1S/C24H25N3O5S/c1-13-15(19(30-3)11-20-22(13)32-9-8-31-20)6-7-25-21-10-18(26-12-27-21)17-5-4-16(24(28)29)14(2)23(17)33/h4-5,10-12,33H,6-9H2,1-3H3,(H,28,29)(H,25,26,27). The van der Waals surface area contributed by atoms with E-state index < -0.39 is 5.97 Å². The number of aromatic carboxylic acids is 1. The molecule has 8 nitrogen and oxygen atoms in total. The number of hydrogen-bond donors (Lipinski definition) is 3. The van der Waals surface area contributed by atoms with Crippen LogP contribution >= 0.6 is 12.6 Å². The maximum absolute atomic E-state index is 11.4. The largest absolute Gasteiger partial charge is 0.496 e. The van der Waals surface area contributed by atoms with Crippen LogP contribution in [0.1, 0.15) is 27.0 Å². The molecular weight excluding hydrogens is 442 g/mol. The smallest absolute Gasteiger partial charge is 0.335 e. The number of benzene rings is 2. The highest BCUT2D eigenvalue weighted by molar-refractivity contribution is 7.80. The maximum atomic E-state index is 11.4. The van der Waals surface area contributed by atoms with Crippen LogP contribution in [0.5, 0.6) is 17.2 Å². The number of carboxylic acids is 1. The normalized spacial score (nSPS) is 12.4. The van der Waals surface area contributed by atoms with Gasteiger partial charge in [-0.25, -0.2) is 14.8 Å². The molecule has 0 atom stereocenters. The molecule has 0 spiro atoms. The van der Waals surface area contributed by atoms with Crippen LogP contribution in [-0.4, -0.2) is 47.9 Å². The highest BCUT2D eigenvalue weighted by Crippen LogP contribution is 2.41. The predicted molar refractivity (Wildman–Crippen MR) is 127 cm³/mol. The Morgan fingerprint density at radius 2 is 1.97 bits per heavy atom. The highest BCUT2D eigenvalue weighted by Gasteiger charge is 2.21.